The molecule has 2 nitrogen and oxygen atoms in total. The molecule has 0 saturated heterocycles. The Balaban J connectivity index is 1.97. The molecule has 1 fully saturated rings. The Morgan fingerprint density at radius 1 is 1.25 bits per heavy atom. The van der Waals surface area contributed by atoms with Crippen LogP contribution in [0.3, 0.4) is 0 Å². The van der Waals surface area contributed by atoms with Crippen molar-refractivity contribution in [2.45, 2.75) is 50.2 Å². The average Bonchev–Trinajstić information content (AvgIpc) is 2.95. The second kappa shape index (κ2) is 3.25. The summed E-state index contributed by atoms with van der Waals surface area (Å²) in [6.45, 7) is 0.682. The van der Waals surface area contributed by atoms with Crippen LogP contribution in [0.5, 0.6) is 0 Å². The van der Waals surface area contributed by atoms with E-state index in [1.54, 1.807) is 4.57 Å². The minimum Gasteiger partial charge on any atom is -0.334 e. The molecule has 16 heavy (non-hydrogen) atoms. The lowest BCUT2D eigenvalue weighted by Crippen LogP contribution is -2.27. The number of rotatable bonds is 1. The van der Waals surface area contributed by atoms with E-state index in [1.807, 2.05) is 6.20 Å². The highest BCUT2D eigenvalue weighted by molar-refractivity contribution is 5.18. The fourth-order valence-corrected chi connectivity index (χ4v) is 2.39. The number of aromatic nitrogens is 2. The van der Waals surface area contributed by atoms with Gasteiger partial charge in [-0.3, -0.25) is 0 Å². The lowest BCUT2D eigenvalue weighted by molar-refractivity contribution is -0.156. The van der Waals surface area contributed by atoms with Gasteiger partial charge in [0.2, 0.25) is 0 Å². The molecule has 1 aromatic heterocycles. The maximum atomic E-state index is 12.8. The van der Waals surface area contributed by atoms with Gasteiger partial charge in [0.15, 0.2) is 0 Å². The first-order chi connectivity index (χ1) is 7.55. The normalized spacial score (nSPS) is 25.6. The van der Waals surface area contributed by atoms with Crippen LogP contribution in [0.2, 0.25) is 0 Å². The van der Waals surface area contributed by atoms with Gasteiger partial charge < -0.3 is 4.57 Å². The molecule has 0 bridgehead atoms. The van der Waals surface area contributed by atoms with Crippen molar-refractivity contribution >= 4 is 0 Å². The molecule has 3 rings (SSSR count). The Labute approximate surface area is 91.5 Å². The number of imidazole rings is 1. The Morgan fingerprint density at radius 3 is 2.62 bits per heavy atom. The van der Waals surface area contributed by atoms with Gasteiger partial charge in [-0.05, 0) is 25.7 Å². The van der Waals surface area contributed by atoms with Crippen LogP contribution < -0.4 is 0 Å². The summed E-state index contributed by atoms with van der Waals surface area (Å²) in [7, 11) is 0. The predicted octanol–water partition coefficient (Wildman–Crippen LogP) is 3.20. The van der Waals surface area contributed by atoms with Crippen LogP contribution in [0.1, 0.15) is 49.0 Å². The first-order valence-corrected chi connectivity index (χ1v) is 5.69. The largest absolute Gasteiger partial charge is 0.398 e. The number of halogens is 3. The van der Waals surface area contributed by atoms with Gasteiger partial charge in [0.1, 0.15) is 11.7 Å². The van der Waals surface area contributed by atoms with Crippen LogP contribution in [0.4, 0.5) is 13.2 Å². The van der Waals surface area contributed by atoms with Crippen LogP contribution in [0.25, 0.3) is 0 Å². The summed E-state index contributed by atoms with van der Waals surface area (Å²) in [4.78, 5) is 4.20. The van der Waals surface area contributed by atoms with Crippen molar-refractivity contribution in [3.05, 3.63) is 17.7 Å². The van der Waals surface area contributed by atoms with Gasteiger partial charge in [-0.1, -0.05) is 0 Å². The molecule has 2 heterocycles. The second-order valence-electron chi connectivity index (χ2n) is 4.73. The molecule has 0 N–H and O–H groups in total. The Bertz CT molecular complexity index is 404. The highest BCUT2D eigenvalue weighted by atomic mass is 19.4. The van der Waals surface area contributed by atoms with E-state index in [-0.39, 0.29) is 12.2 Å². The first kappa shape index (κ1) is 10.2. The van der Waals surface area contributed by atoms with Gasteiger partial charge in [-0.2, -0.15) is 13.2 Å². The standard InChI is InChI=1S/C11H13F3N2/c12-11(13,14)8-2-1-5-16-6-9(7-3-4-7)15-10(8)16/h6-8H,1-5H2/t8-/m1/s1. The van der Waals surface area contributed by atoms with Crippen molar-refractivity contribution in [3.63, 3.8) is 0 Å². The van der Waals surface area contributed by atoms with Crippen LogP contribution in [-0.2, 0) is 6.54 Å². The Morgan fingerprint density at radius 2 is 2.00 bits per heavy atom. The SMILES string of the molecule is FC(F)(F)[C@@H]1CCCn2cc(C3CC3)nc21. The van der Waals surface area contributed by atoms with Crippen molar-refractivity contribution in [1.29, 1.82) is 0 Å². The molecule has 0 radical (unpaired) electrons. The summed E-state index contributed by atoms with van der Waals surface area (Å²) < 4.78 is 40.1. The molecular formula is C11H13F3N2. The molecule has 0 amide bonds. The molecule has 0 aromatic carbocycles. The summed E-state index contributed by atoms with van der Waals surface area (Å²) in [5.74, 6) is -0.693. The fraction of sp³-hybridized carbons (Fsp3) is 0.727. The van der Waals surface area contributed by atoms with Crippen molar-refractivity contribution in [3.8, 4) is 0 Å². The van der Waals surface area contributed by atoms with E-state index < -0.39 is 12.1 Å². The minimum absolute atomic E-state index is 0.185. The van der Waals surface area contributed by atoms with Gasteiger partial charge in [0.25, 0.3) is 0 Å². The second-order valence-corrected chi connectivity index (χ2v) is 4.73. The smallest absolute Gasteiger partial charge is 0.334 e. The quantitative estimate of drug-likeness (QED) is 0.724. The van der Waals surface area contributed by atoms with Crippen molar-refractivity contribution in [2.24, 2.45) is 0 Å². The third-order valence-corrected chi connectivity index (χ3v) is 3.42. The zero-order valence-electron chi connectivity index (χ0n) is 8.80. The molecule has 1 saturated carbocycles. The van der Waals surface area contributed by atoms with Crippen molar-refractivity contribution in [1.82, 2.24) is 9.55 Å². The molecule has 2 aliphatic rings. The van der Waals surface area contributed by atoms with E-state index in [4.69, 9.17) is 0 Å². The maximum Gasteiger partial charge on any atom is 0.398 e. The topological polar surface area (TPSA) is 17.8 Å². The summed E-state index contributed by atoms with van der Waals surface area (Å²) in [5, 5.41) is 0. The van der Waals surface area contributed by atoms with E-state index >= 15 is 0 Å². The summed E-state index contributed by atoms with van der Waals surface area (Å²) in [6.07, 6.45) is 0.609. The summed E-state index contributed by atoms with van der Waals surface area (Å²) >= 11 is 0. The molecule has 0 unspecified atom stereocenters. The third-order valence-electron chi connectivity index (χ3n) is 3.42. The fourth-order valence-electron chi connectivity index (χ4n) is 2.39. The highest BCUT2D eigenvalue weighted by Crippen LogP contribution is 2.44. The molecule has 0 spiro atoms. The molecule has 1 atom stereocenters. The molecule has 1 aromatic rings. The number of aryl methyl sites for hydroxylation is 1. The van der Waals surface area contributed by atoms with Crippen molar-refractivity contribution < 1.29 is 13.2 Å². The van der Waals surface area contributed by atoms with Gasteiger partial charge in [0, 0.05) is 18.7 Å². The Kier molecular flexibility index (Phi) is 2.06. The maximum absolute atomic E-state index is 12.8. The van der Waals surface area contributed by atoms with E-state index in [0.29, 0.717) is 18.9 Å². The summed E-state index contributed by atoms with van der Waals surface area (Å²) in [6, 6.07) is 0. The molecule has 1 aliphatic heterocycles. The number of hydrogen-bond acceptors (Lipinski definition) is 1. The van der Waals surface area contributed by atoms with Gasteiger partial charge >= 0.3 is 6.18 Å². The number of nitrogens with zero attached hydrogens (tertiary/aromatic N) is 2. The van der Waals surface area contributed by atoms with E-state index in [9.17, 15) is 13.2 Å². The van der Waals surface area contributed by atoms with Gasteiger partial charge in [-0.15, -0.1) is 0 Å². The average molecular weight is 230 g/mol. The van der Waals surface area contributed by atoms with Crippen molar-refractivity contribution in [2.75, 3.05) is 0 Å². The monoisotopic (exact) mass is 230 g/mol. The highest BCUT2D eigenvalue weighted by Gasteiger charge is 2.45. The summed E-state index contributed by atoms with van der Waals surface area (Å²) in [5.41, 5.74) is 0.867. The lowest BCUT2D eigenvalue weighted by atomic mass is 9.98. The van der Waals surface area contributed by atoms with Crippen LogP contribution in [0, 0.1) is 0 Å². The zero-order chi connectivity index (χ0) is 11.3. The molecule has 88 valence electrons. The number of hydrogen-bond donors (Lipinski definition) is 0. The van der Waals surface area contributed by atoms with Gasteiger partial charge in [-0.25, -0.2) is 4.98 Å². The lowest BCUT2D eigenvalue weighted by Gasteiger charge is -2.25. The molecule has 5 heteroatoms. The molecular weight excluding hydrogens is 217 g/mol. The van der Waals surface area contributed by atoms with E-state index in [2.05, 4.69) is 4.98 Å². The van der Waals surface area contributed by atoms with Crippen LogP contribution >= 0.6 is 0 Å². The number of alkyl halides is 3. The van der Waals surface area contributed by atoms with Gasteiger partial charge in [0.05, 0.1) is 5.69 Å². The zero-order valence-corrected chi connectivity index (χ0v) is 8.80. The third kappa shape index (κ3) is 1.62. The van der Waals surface area contributed by atoms with Crippen LogP contribution in [-0.4, -0.2) is 15.7 Å². The Hall–Kier alpha value is -1.00. The molecule has 1 aliphatic carbocycles. The predicted molar refractivity (Wildman–Crippen MR) is 52.2 cm³/mol. The van der Waals surface area contributed by atoms with Crippen LogP contribution in [0.15, 0.2) is 6.20 Å². The van der Waals surface area contributed by atoms with E-state index in [0.717, 1.165) is 18.5 Å². The first-order valence-electron chi connectivity index (χ1n) is 5.69. The number of fused-ring (bicyclic) bond motifs is 1. The van der Waals surface area contributed by atoms with E-state index in [1.165, 1.54) is 0 Å². The minimum atomic E-state index is -4.15.